The first-order chi connectivity index (χ1) is 7.18. The summed E-state index contributed by atoms with van der Waals surface area (Å²) in [7, 11) is 0. The highest BCUT2D eigenvalue weighted by Crippen LogP contribution is 2.27. The van der Waals surface area contributed by atoms with Crippen molar-refractivity contribution in [1.29, 1.82) is 0 Å². The highest BCUT2D eigenvalue weighted by atomic mass is 16.1. The van der Waals surface area contributed by atoms with Gasteiger partial charge >= 0.3 is 0 Å². The van der Waals surface area contributed by atoms with Crippen LogP contribution in [0.25, 0.3) is 0 Å². The number of rotatable bonds is 5. The zero-order chi connectivity index (χ0) is 12.9. The SMILES string of the molecule is CC(CN)C(C)NC(=O)CC(C)C(C)(C)C. The fraction of sp³-hybridized carbons (Fsp3) is 0.923. The van der Waals surface area contributed by atoms with Crippen LogP contribution in [0.2, 0.25) is 0 Å². The normalized spacial score (nSPS) is 17.7. The van der Waals surface area contributed by atoms with Crippen molar-refractivity contribution in [3.05, 3.63) is 0 Å². The van der Waals surface area contributed by atoms with E-state index < -0.39 is 0 Å². The highest BCUT2D eigenvalue weighted by molar-refractivity contribution is 5.76. The summed E-state index contributed by atoms with van der Waals surface area (Å²) in [5.74, 6) is 0.844. The fourth-order valence-electron chi connectivity index (χ4n) is 1.24. The van der Waals surface area contributed by atoms with Gasteiger partial charge in [0.05, 0.1) is 0 Å². The third-order valence-electron chi connectivity index (χ3n) is 3.58. The predicted octanol–water partition coefficient (Wildman–Crippen LogP) is 2.16. The van der Waals surface area contributed by atoms with E-state index in [2.05, 4.69) is 39.9 Å². The minimum Gasteiger partial charge on any atom is -0.353 e. The zero-order valence-electron chi connectivity index (χ0n) is 11.6. The Morgan fingerprint density at radius 1 is 1.25 bits per heavy atom. The molecule has 0 heterocycles. The van der Waals surface area contributed by atoms with Crippen molar-refractivity contribution in [1.82, 2.24) is 5.32 Å². The Morgan fingerprint density at radius 3 is 2.12 bits per heavy atom. The minimum absolute atomic E-state index is 0.134. The first-order valence-electron chi connectivity index (χ1n) is 6.18. The Hall–Kier alpha value is -0.570. The fourth-order valence-corrected chi connectivity index (χ4v) is 1.24. The zero-order valence-corrected chi connectivity index (χ0v) is 11.6. The monoisotopic (exact) mass is 228 g/mol. The Labute approximate surface area is 100 Å². The number of nitrogens with one attached hydrogen (secondary N) is 1. The average Bonchev–Trinajstić information content (AvgIpc) is 2.14. The molecule has 0 aliphatic heterocycles. The molecule has 0 bridgehead atoms. The summed E-state index contributed by atoms with van der Waals surface area (Å²) in [4.78, 5) is 11.8. The van der Waals surface area contributed by atoms with E-state index in [0.717, 1.165) is 0 Å². The van der Waals surface area contributed by atoms with Gasteiger partial charge < -0.3 is 11.1 Å². The summed E-state index contributed by atoms with van der Waals surface area (Å²) in [5.41, 5.74) is 5.75. The quantitative estimate of drug-likeness (QED) is 0.757. The second kappa shape index (κ2) is 6.24. The summed E-state index contributed by atoms with van der Waals surface area (Å²) >= 11 is 0. The molecular formula is C13H28N2O. The molecule has 3 N–H and O–H groups in total. The van der Waals surface area contributed by atoms with E-state index >= 15 is 0 Å². The van der Waals surface area contributed by atoms with Crippen LogP contribution in [0.3, 0.4) is 0 Å². The van der Waals surface area contributed by atoms with Crippen LogP contribution in [-0.2, 0) is 4.79 Å². The number of carbonyl (C=O) groups is 1. The summed E-state index contributed by atoms with van der Waals surface area (Å²) in [6.45, 7) is 13.3. The second-order valence-electron chi connectivity index (χ2n) is 6.04. The van der Waals surface area contributed by atoms with Crippen molar-refractivity contribution in [3.8, 4) is 0 Å². The Kier molecular flexibility index (Phi) is 6.01. The van der Waals surface area contributed by atoms with E-state index in [1.807, 2.05) is 6.92 Å². The first-order valence-corrected chi connectivity index (χ1v) is 6.18. The number of amides is 1. The third kappa shape index (κ3) is 5.50. The van der Waals surface area contributed by atoms with Crippen molar-refractivity contribution in [2.45, 2.75) is 54.0 Å². The lowest BCUT2D eigenvalue weighted by molar-refractivity contribution is -0.123. The van der Waals surface area contributed by atoms with E-state index in [1.165, 1.54) is 0 Å². The molecule has 0 saturated carbocycles. The lowest BCUT2D eigenvalue weighted by Gasteiger charge is -2.28. The van der Waals surface area contributed by atoms with Crippen LogP contribution < -0.4 is 11.1 Å². The molecule has 0 aromatic heterocycles. The van der Waals surface area contributed by atoms with Gasteiger partial charge in [0.1, 0.15) is 0 Å². The van der Waals surface area contributed by atoms with Gasteiger partial charge in [-0.25, -0.2) is 0 Å². The predicted molar refractivity (Wildman–Crippen MR) is 69.1 cm³/mol. The molecule has 0 aromatic carbocycles. The lowest BCUT2D eigenvalue weighted by Crippen LogP contribution is -2.41. The van der Waals surface area contributed by atoms with E-state index in [4.69, 9.17) is 5.73 Å². The van der Waals surface area contributed by atoms with Crippen LogP contribution in [0.1, 0.15) is 48.0 Å². The molecular weight excluding hydrogens is 200 g/mol. The maximum atomic E-state index is 11.8. The number of hydrogen-bond donors (Lipinski definition) is 2. The number of nitrogens with two attached hydrogens (primary N) is 1. The summed E-state index contributed by atoms with van der Waals surface area (Å²) in [5, 5.41) is 3.01. The van der Waals surface area contributed by atoms with E-state index in [1.54, 1.807) is 0 Å². The standard InChI is InChI=1S/C13H28N2O/c1-9(8-14)11(3)15-12(16)7-10(2)13(4,5)6/h9-11H,7-8,14H2,1-6H3,(H,15,16). The van der Waals surface area contributed by atoms with Crippen molar-refractivity contribution < 1.29 is 4.79 Å². The van der Waals surface area contributed by atoms with E-state index in [0.29, 0.717) is 24.8 Å². The molecule has 0 aromatic rings. The van der Waals surface area contributed by atoms with E-state index in [-0.39, 0.29) is 17.4 Å². The minimum atomic E-state index is 0.134. The summed E-state index contributed by atoms with van der Waals surface area (Å²) in [6, 6.07) is 0.157. The topological polar surface area (TPSA) is 55.1 Å². The first kappa shape index (κ1) is 15.4. The molecule has 1 amide bonds. The number of hydrogen-bond acceptors (Lipinski definition) is 2. The Morgan fingerprint density at radius 2 is 1.75 bits per heavy atom. The molecule has 3 unspecified atom stereocenters. The van der Waals surface area contributed by atoms with Crippen molar-refractivity contribution in [2.24, 2.45) is 23.0 Å². The molecule has 0 aliphatic carbocycles. The molecule has 0 radical (unpaired) electrons. The third-order valence-corrected chi connectivity index (χ3v) is 3.58. The van der Waals surface area contributed by atoms with Crippen LogP contribution in [0.15, 0.2) is 0 Å². The molecule has 0 spiro atoms. The van der Waals surface area contributed by atoms with Gasteiger partial charge in [-0.2, -0.15) is 0 Å². The van der Waals surface area contributed by atoms with Crippen LogP contribution in [0.5, 0.6) is 0 Å². The number of carbonyl (C=O) groups excluding carboxylic acids is 1. The van der Waals surface area contributed by atoms with Crippen LogP contribution in [0, 0.1) is 17.3 Å². The molecule has 0 aliphatic rings. The van der Waals surface area contributed by atoms with Gasteiger partial charge in [-0.1, -0.05) is 34.6 Å². The van der Waals surface area contributed by atoms with Gasteiger partial charge in [0.25, 0.3) is 0 Å². The van der Waals surface area contributed by atoms with Gasteiger partial charge in [-0.15, -0.1) is 0 Å². The smallest absolute Gasteiger partial charge is 0.220 e. The molecule has 0 rings (SSSR count). The summed E-state index contributed by atoms with van der Waals surface area (Å²) < 4.78 is 0. The molecule has 0 saturated heterocycles. The van der Waals surface area contributed by atoms with Gasteiger partial charge in [0.15, 0.2) is 0 Å². The van der Waals surface area contributed by atoms with Crippen LogP contribution in [-0.4, -0.2) is 18.5 Å². The lowest BCUT2D eigenvalue weighted by atomic mass is 9.80. The molecule has 3 nitrogen and oxygen atoms in total. The highest BCUT2D eigenvalue weighted by Gasteiger charge is 2.23. The Balaban J connectivity index is 4.09. The molecule has 3 heteroatoms. The van der Waals surface area contributed by atoms with Gasteiger partial charge in [0.2, 0.25) is 5.91 Å². The molecule has 0 fully saturated rings. The van der Waals surface area contributed by atoms with Crippen molar-refractivity contribution >= 4 is 5.91 Å². The molecule has 16 heavy (non-hydrogen) atoms. The van der Waals surface area contributed by atoms with Crippen LogP contribution >= 0.6 is 0 Å². The largest absolute Gasteiger partial charge is 0.353 e. The maximum absolute atomic E-state index is 11.8. The van der Waals surface area contributed by atoms with Gasteiger partial charge in [0, 0.05) is 12.5 Å². The molecule has 96 valence electrons. The van der Waals surface area contributed by atoms with E-state index in [9.17, 15) is 4.79 Å². The van der Waals surface area contributed by atoms with Gasteiger partial charge in [-0.05, 0) is 30.7 Å². The maximum Gasteiger partial charge on any atom is 0.220 e. The van der Waals surface area contributed by atoms with Crippen LogP contribution in [0.4, 0.5) is 0 Å². The second-order valence-corrected chi connectivity index (χ2v) is 6.04. The van der Waals surface area contributed by atoms with Crippen molar-refractivity contribution in [2.75, 3.05) is 6.54 Å². The summed E-state index contributed by atoms with van der Waals surface area (Å²) in [6.07, 6.45) is 0.588. The Bertz CT molecular complexity index is 220. The van der Waals surface area contributed by atoms with Gasteiger partial charge in [-0.3, -0.25) is 4.79 Å². The molecule has 3 atom stereocenters. The van der Waals surface area contributed by atoms with Crippen molar-refractivity contribution in [3.63, 3.8) is 0 Å². The average molecular weight is 228 g/mol.